The second-order valence-corrected chi connectivity index (χ2v) is 10.9. The molecule has 2 aliphatic rings. The van der Waals surface area contributed by atoms with Gasteiger partial charge in [-0.2, -0.15) is 4.31 Å². The number of amides is 2. The number of benzene rings is 1. The van der Waals surface area contributed by atoms with Gasteiger partial charge in [-0.15, -0.1) is 0 Å². The van der Waals surface area contributed by atoms with E-state index in [0.717, 1.165) is 19.3 Å². The fourth-order valence-corrected chi connectivity index (χ4v) is 6.42. The summed E-state index contributed by atoms with van der Waals surface area (Å²) < 4.78 is 32.5. The molecule has 0 radical (unpaired) electrons. The molecule has 184 valence electrons. The van der Waals surface area contributed by atoms with Crippen molar-refractivity contribution in [1.29, 1.82) is 0 Å². The van der Waals surface area contributed by atoms with Crippen LogP contribution >= 0.6 is 0 Å². The molecule has 2 amide bonds. The summed E-state index contributed by atoms with van der Waals surface area (Å²) in [5, 5.41) is 3.14. The van der Waals surface area contributed by atoms with Crippen LogP contribution in [0.2, 0.25) is 0 Å². The molecule has 3 rings (SSSR count). The van der Waals surface area contributed by atoms with Crippen molar-refractivity contribution in [2.45, 2.75) is 69.2 Å². The highest BCUT2D eigenvalue weighted by molar-refractivity contribution is 7.89. The first-order valence-corrected chi connectivity index (χ1v) is 13.5. The molecule has 1 aromatic carbocycles. The van der Waals surface area contributed by atoms with E-state index in [4.69, 9.17) is 4.74 Å². The Hall–Kier alpha value is -2.13. The second kappa shape index (κ2) is 10.9. The van der Waals surface area contributed by atoms with Gasteiger partial charge in [-0.25, -0.2) is 8.42 Å². The van der Waals surface area contributed by atoms with Crippen molar-refractivity contribution in [1.82, 2.24) is 14.5 Å². The van der Waals surface area contributed by atoms with Gasteiger partial charge in [-0.05, 0) is 63.8 Å². The van der Waals surface area contributed by atoms with Crippen molar-refractivity contribution in [2.75, 3.05) is 33.3 Å². The van der Waals surface area contributed by atoms with Crippen LogP contribution in [0.5, 0.6) is 5.75 Å². The Bertz CT molecular complexity index is 914. The maximum Gasteiger partial charge on any atom is 0.248 e. The van der Waals surface area contributed by atoms with E-state index in [1.807, 2.05) is 13.8 Å². The largest absolute Gasteiger partial charge is 0.497 e. The summed E-state index contributed by atoms with van der Waals surface area (Å²) in [5.74, 6) is 0.190. The normalized spacial score (nSPS) is 19.6. The minimum atomic E-state index is -3.62. The number of likely N-dealkylation sites (N-methyl/N-ethyl adjacent to an activating group) is 1. The van der Waals surface area contributed by atoms with Crippen molar-refractivity contribution in [3.63, 3.8) is 0 Å². The predicted octanol–water partition coefficient (Wildman–Crippen LogP) is 2.78. The van der Waals surface area contributed by atoms with Crippen molar-refractivity contribution >= 4 is 21.8 Å². The summed E-state index contributed by atoms with van der Waals surface area (Å²) in [6.45, 7) is 5.72. The lowest BCUT2D eigenvalue weighted by Gasteiger charge is -2.41. The van der Waals surface area contributed by atoms with E-state index in [0.29, 0.717) is 44.5 Å². The molecule has 0 spiro atoms. The summed E-state index contributed by atoms with van der Waals surface area (Å²) in [6, 6.07) is 6.34. The molecule has 1 aromatic rings. The van der Waals surface area contributed by atoms with Crippen LogP contribution in [0.15, 0.2) is 29.2 Å². The number of ether oxygens (including phenoxy) is 1. The van der Waals surface area contributed by atoms with E-state index in [9.17, 15) is 18.0 Å². The molecule has 0 aromatic heterocycles. The highest BCUT2D eigenvalue weighted by Crippen LogP contribution is 2.32. The predicted molar refractivity (Wildman–Crippen MR) is 126 cm³/mol. The zero-order chi connectivity index (χ0) is 24.1. The van der Waals surface area contributed by atoms with Crippen LogP contribution in [0.3, 0.4) is 0 Å². The summed E-state index contributed by atoms with van der Waals surface area (Å²) in [6.07, 6.45) is 5.13. The van der Waals surface area contributed by atoms with Gasteiger partial charge in [-0.3, -0.25) is 9.59 Å². The lowest BCUT2D eigenvalue weighted by atomic mass is 9.79. The number of carbonyl (C=O) groups is 2. The van der Waals surface area contributed by atoms with Gasteiger partial charge in [0.2, 0.25) is 21.8 Å². The van der Waals surface area contributed by atoms with Crippen LogP contribution in [0.1, 0.15) is 58.8 Å². The molecule has 1 saturated heterocycles. The first-order valence-electron chi connectivity index (χ1n) is 12.0. The van der Waals surface area contributed by atoms with Gasteiger partial charge in [0, 0.05) is 32.1 Å². The SMILES string of the molecule is CCN(CC)C(=O)C1(NC(=O)C2CCN(S(=O)(=O)c3ccc(OC)cc3)CC2)CCCCC1. The Kier molecular flexibility index (Phi) is 8.39. The molecular weight excluding hydrogens is 442 g/mol. The molecule has 1 heterocycles. The van der Waals surface area contributed by atoms with Crippen LogP contribution in [0, 0.1) is 5.92 Å². The quantitative estimate of drug-likeness (QED) is 0.619. The van der Waals surface area contributed by atoms with Crippen molar-refractivity contribution in [3.05, 3.63) is 24.3 Å². The van der Waals surface area contributed by atoms with E-state index in [-0.39, 0.29) is 35.7 Å². The number of hydrogen-bond donors (Lipinski definition) is 1. The third-order valence-corrected chi connectivity index (χ3v) is 8.96. The Balaban J connectivity index is 1.65. The molecule has 0 unspecified atom stereocenters. The summed E-state index contributed by atoms with van der Waals surface area (Å²) in [4.78, 5) is 28.5. The second-order valence-electron chi connectivity index (χ2n) is 8.96. The first-order chi connectivity index (χ1) is 15.8. The molecular formula is C24H37N3O5S. The summed E-state index contributed by atoms with van der Waals surface area (Å²) in [7, 11) is -2.09. The van der Waals surface area contributed by atoms with Crippen LogP contribution in [-0.4, -0.2) is 68.3 Å². The minimum Gasteiger partial charge on any atom is -0.497 e. The number of piperidine rings is 1. The van der Waals surface area contributed by atoms with Gasteiger partial charge in [0.15, 0.2) is 0 Å². The number of nitrogens with one attached hydrogen (secondary N) is 1. The van der Waals surface area contributed by atoms with Crippen molar-refractivity contribution < 1.29 is 22.7 Å². The van der Waals surface area contributed by atoms with Gasteiger partial charge in [0.25, 0.3) is 0 Å². The smallest absolute Gasteiger partial charge is 0.248 e. The lowest BCUT2D eigenvalue weighted by Crippen LogP contribution is -2.61. The van der Waals surface area contributed by atoms with Crippen LogP contribution < -0.4 is 10.1 Å². The zero-order valence-corrected chi connectivity index (χ0v) is 20.8. The number of hydrogen-bond acceptors (Lipinski definition) is 5. The van der Waals surface area contributed by atoms with E-state index in [1.54, 1.807) is 29.2 Å². The van der Waals surface area contributed by atoms with E-state index < -0.39 is 15.6 Å². The van der Waals surface area contributed by atoms with Crippen LogP contribution in [-0.2, 0) is 19.6 Å². The van der Waals surface area contributed by atoms with Gasteiger partial charge in [0.05, 0.1) is 12.0 Å². The Morgan fingerprint density at radius 3 is 2.15 bits per heavy atom. The molecule has 2 fully saturated rings. The molecule has 1 N–H and O–H groups in total. The Morgan fingerprint density at radius 1 is 1.06 bits per heavy atom. The monoisotopic (exact) mass is 479 g/mol. The van der Waals surface area contributed by atoms with Gasteiger partial charge >= 0.3 is 0 Å². The number of rotatable bonds is 8. The van der Waals surface area contributed by atoms with Crippen molar-refractivity contribution in [3.8, 4) is 5.75 Å². The molecule has 0 atom stereocenters. The highest BCUT2D eigenvalue weighted by Gasteiger charge is 2.44. The number of methoxy groups -OCH3 is 1. The molecule has 1 aliphatic heterocycles. The zero-order valence-electron chi connectivity index (χ0n) is 20.0. The fourth-order valence-electron chi connectivity index (χ4n) is 4.95. The van der Waals surface area contributed by atoms with Crippen LogP contribution in [0.25, 0.3) is 0 Å². The number of sulfonamides is 1. The average molecular weight is 480 g/mol. The molecule has 1 saturated carbocycles. The average Bonchev–Trinajstić information content (AvgIpc) is 2.85. The minimum absolute atomic E-state index is 0.0140. The van der Waals surface area contributed by atoms with E-state index in [2.05, 4.69) is 5.32 Å². The van der Waals surface area contributed by atoms with Gasteiger partial charge in [0.1, 0.15) is 11.3 Å². The maximum absolute atomic E-state index is 13.3. The summed E-state index contributed by atoms with van der Waals surface area (Å²) >= 11 is 0. The highest BCUT2D eigenvalue weighted by atomic mass is 32.2. The molecule has 1 aliphatic carbocycles. The maximum atomic E-state index is 13.3. The molecule has 0 bridgehead atoms. The fraction of sp³-hybridized carbons (Fsp3) is 0.667. The number of carbonyl (C=O) groups excluding carboxylic acids is 2. The third-order valence-electron chi connectivity index (χ3n) is 7.05. The third kappa shape index (κ3) is 5.51. The molecule has 9 heteroatoms. The van der Waals surface area contributed by atoms with Crippen LogP contribution in [0.4, 0.5) is 0 Å². The van der Waals surface area contributed by atoms with Gasteiger partial charge in [-0.1, -0.05) is 19.3 Å². The van der Waals surface area contributed by atoms with E-state index >= 15 is 0 Å². The molecule has 8 nitrogen and oxygen atoms in total. The standard InChI is InChI=1S/C24H37N3O5S/c1-4-26(5-2)23(29)24(15-7-6-8-16-24)25-22(28)19-13-17-27(18-14-19)33(30,31)21-11-9-20(32-3)10-12-21/h9-12,19H,4-8,13-18H2,1-3H3,(H,25,28). The van der Waals surface area contributed by atoms with E-state index in [1.165, 1.54) is 11.4 Å². The first kappa shape index (κ1) is 25.5. The summed E-state index contributed by atoms with van der Waals surface area (Å²) in [5.41, 5.74) is -0.826. The Labute approximate surface area is 197 Å². The lowest BCUT2D eigenvalue weighted by molar-refractivity contribution is -0.144. The van der Waals surface area contributed by atoms with Gasteiger partial charge < -0.3 is 15.0 Å². The van der Waals surface area contributed by atoms with Crippen molar-refractivity contribution in [2.24, 2.45) is 5.92 Å². The topological polar surface area (TPSA) is 96.0 Å². The molecule has 33 heavy (non-hydrogen) atoms. The number of nitrogens with zero attached hydrogens (tertiary/aromatic N) is 2. The Morgan fingerprint density at radius 2 is 1.64 bits per heavy atom.